The van der Waals surface area contributed by atoms with Crippen LogP contribution in [0, 0.1) is 0 Å². The Morgan fingerprint density at radius 1 is 1.29 bits per heavy atom. The molecule has 1 unspecified atom stereocenters. The standard InChI is InChI=1S/C12H17ClF3NO4/c1-10(2,3)21-9(19)17-6-4-5-11(17,12(14,15)16)8(18)20-7-13/h4-7H2,1-3H3. The number of carbonyl (C=O) groups is 2. The van der Waals surface area contributed by atoms with E-state index < -0.39 is 41.9 Å². The molecule has 1 saturated heterocycles. The number of hydrogen-bond donors (Lipinski definition) is 0. The van der Waals surface area contributed by atoms with E-state index in [1.54, 1.807) is 0 Å². The molecule has 0 aliphatic carbocycles. The van der Waals surface area contributed by atoms with Gasteiger partial charge in [0.25, 0.3) is 0 Å². The molecule has 5 nitrogen and oxygen atoms in total. The van der Waals surface area contributed by atoms with Crippen LogP contribution in [-0.2, 0) is 14.3 Å². The van der Waals surface area contributed by atoms with E-state index >= 15 is 0 Å². The van der Waals surface area contributed by atoms with Crippen molar-refractivity contribution in [3.8, 4) is 0 Å². The maximum atomic E-state index is 13.4. The maximum absolute atomic E-state index is 13.4. The van der Waals surface area contributed by atoms with Crippen molar-refractivity contribution in [3.05, 3.63) is 0 Å². The first-order valence-electron chi connectivity index (χ1n) is 6.26. The number of rotatable bonds is 2. The van der Waals surface area contributed by atoms with E-state index in [-0.39, 0.29) is 13.0 Å². The minimum Gasteiger partial charge on any atom is -0.447 e. The van der Waals surface area contributed by atoms with E-state index in [1.165, 1.54) is 20.8 Å². The Hall–Kier alpha value is -1.18. The third kappa shape index (κ3) is 3.53. The second-order valence-electron chi connectivity index (χ2n) is 5.63. The Bertz CT molecular complexity index is 422. The van der Waals surface area contributed by atoms with E-state index in [0.717, 1.165) is 0 Å². The van der Waals surface area contributed by atoms with Crippen LogP contribution in [0.15, 0.2) is 0 Å². The molecule has 0 bridgehead atoms. The van der Waals surface area contributed by atoms with Gasteiger partial charge in [-0.2, -0.15) is 13.2 Å². The van der Waals surface area contributed by atoms with Crippen molar-refractivity contribution in [2.24, 2.45) is 0 Å². The first-order chi connectivity index (χ1) is 9.45. The van der Waals surface area contributed by atoms with Gasteiger partial charge in [-0.05, 0) is 33.6 Å². The van der Waals surface area contributed by atoms with Crippen LogP contribution in [0.2, 0.25) is 0 Å². The number of alkyl halides is 4. The average Bonchev–Trinajstić information content (AvgIpc) is 2.71. The summed E-state index contributed by atoms with van der Waals surface area (Å²) >= 11 is 5.18. The van der Waals surface area contributed by atoms with Gasteiger partial charge in [0.2, 0.25) is 5.54 Å². The molecule has 1 fully saturated rings. The first kappa shape index (κ1) is 17.9. The Kier molecular flexibility index (Phi) is 5.02. The monoisotopic (exact) mass is 331 g/mol. The minimum atomic E-state index is -4.98. The fourth-order valence-corrected chi connectivity index (χ4v) is 2.27. The van der Waals surface area contributed by atoms with Crippen molar-refractivity contribution in [2.45, 2.75) is 50.9 Å². The lowest BCUT2D eigenvalue weighted by Gasteiger charge is -2.37. The molecule has 1 amide bonds. The van der Waals surface area contributed by atoms with Gasteiger partial charge in [-0.15, -0.1) is 0 Å². The summed E-state index contributed by atoms with van der Waals surface area (Å²) in [6.07, 6.45) is -6.76. The molecule has 0 radical (unpaired) electrons. The van der Waals surface area contributed by atoms with Gasteiger partial charge in [0, 0.05) is 6.54 Å². The lowest BCUT2D eigenvalue weighted by Crippen LogP contribution is -2.63. The first-order valence-corrected chi connectivity index (χ1v) is 6.80. The molecule has 0 N–H and O–H groups in total. The summed E-state index contributed by atoms with van der Waals surface area (Å²) in [5, 5.41) is 0. The van der Waals surface area contributed by atoms with Crippen LogP contribution in [-0.4, -0.2) is 46.9 Å². The van der Waals surface area contributed by atoms with Crippen LogP contribution in [0.3, 0.4) is 0 Å². The zero-order chi connectivity index (χ0) is 16.5. The lowest BCUT2D eigenvalue weighted by atomic mass is 9.95. The summed E-state index contributed by atoms with van der Waals surface area (Å²) in [5.41, 5.74) is -4.02. The minimum absolute atomic E-state index is 0.0101. The fourth-order valence-electron chi connectivity index (χ4n) is 2.17. The molecule has 1 aliphatic heterocycles. The third-order valence-electron chi connectivity index (χ3n) is 2.99. The number of nitrogens with zero attached hydrogens (tertiary/aromatic N) is 1. The van der Waals surface area contributed by atoms with Gasteiger partial charge in [0.15, 0.2) is 6.07 Å². The van der Waals surface area contributed by atoms with E-state index in [1.807, 2.05) is 0 Å². The molecule has 0 aromatic heterocycles. The van der Waals surface area contributed by atoms with E-state index in [0.29, 0.717) is 4.90 Å². The van der Waals surface area contributed by atoms with Crippen LogP contribution >= 0.6 is 11.6 Å². The van der Waals surface area contributed by atoms with Gasteiger partial charge in [-0.1, -0.05) is 11.6 Å². The van der Waals surface area contributed by atoms with Crippen molar-refractivity contribution in [3.63, 3.8) is 0 Å². The topological polar surface area (TPSA) is 55.8 Å². The van der Waals surface area contributed by atoms with Gasteiger partial charge in [0.05, 0.1) is 0 Å². The zero-order valence-corrected chi connectivity index (χ0v) is 12.7. The van der Waals surface area contributed by atoms with Crippen LogP contribution in [0.1, 0.15) is 33.6 Å². The van der Waals surface area contributed by atoms with Crippen molar-refractivity contribution in [2.75, 3.05) is 12.6 Å². The summed E-state index contributed by atoms with van der Waals surface area (Å²) in [6, 6.07) is -0.723. The summed E-state index contributed by atoms with van der Waals surface area (Å²) in [5.74, 6) is -1.59. The number of halogens is 4. The number of likely N-dealkylation sites (tertiary alicyclic amines) is 1. The predicted octanol–water partition coefficient (Wildman–Crippen LogP) is 3.06. The maximum Gasteiger partial charge on any atom is 0.422 e. The molecule has 1 aliphatic rings. The summed E-state index contributed by atoms with van der Waals surface area (Å²) < 4.78 is 49.6. The molecule has 122 valence electrons. The van der Waals surface area contributed by atoms with Gasteiger partial charge in [0.1, 0.15) is 5.60 Å². The van der Waals surface area contributed by atoms with Crippen molar-refractivity contribution in [1.29, 1.82) is 0 Å². The highest BCUT2D eigenvalue weighted by Gasteiger charge is 2.68. The smallest absolute Gasteiger partial charge is 0.422 e. The molecule has 1 heterocycles. The molecule has 9 heteroatoms. The second kappa shape index (κ2) is 5.90. The Labute approximate surface area is 125 Å². The zero-order valence-electron chi connectivity index (χ0n) is 11.9. The Morgan fingerprint density at radius 2 is 1.86 bits per heavy atom. The molecular formula is C12H17ClF3NO4. The Balaban J connectivity index is 3.17. The third-order valence-corrected chi connectivity index (χ3v) is 3.10. The average molecular weight is 332 g/mol. The molecule has 1 rings (SSSR count). The molecule has 0 aromatic carbocycles. The molecule has 0 saturated carbocycles. The molecule has 21 heavy (non-hydrogen) atoms. The summed E-state index contributed by atoms with van der Waals surface area (Å²) in [4.78, 5) is 24.2. The largest absolute Gasteiger partial charge is 0.447 e. The van der Waals surface area contributed by atoms with Crippen LogP contribution in [0.4, 0.5) is 18.0 Å². The van der Waals surface area contributed by atoms with Gasteiger partial charge >= 0.3 is 18.2 Å². The van der Waals surface area contributed by atoms with E-state index in [9.17, 15) is 22.8 Å². The SMILES string of the molecule is CC(C)(C)OC(=O)N1CCCC1(C(=O)OCCl)C(F)(F)F. The number of hydrogen-bond acceptors (Lipinski definition) is 4. The highest BCUT2D eigenvalue weighted by Crippen LogP contribution is 2.44. The fraction of sp³-hybridized carbons (Fsp3) is 0.833. The molecule has 0 aromatic rings. The second-order valence-corrected chi connectivity index (χ2v) is 5.85. The number of esters is 1. The Morgan fingerprint density at radius 3 is 2.29 bits per heavy atom. The van der Waals surface area contributed by atoms with Gasteiger partial charge < -0.3 is 9.47 Å². The van der Waals surface area contributed by atoms with Crippen LogP contribution in [0.25, 0.3) is 0 Å². The molecule has 1 atom stereocenters. The number of ether oxygens (including phenoxy) is 2. The summed E-state index contributed by atoms with van der Waals surface area (Å²) in [7, 11) is 0. The highest BCUT2D eigenvalue weighted by molar-refractivity contribution is 6.17. The normalized spacial score (nSPS) is 23.1. The van der Waals surface area contributed by atoms with Crippen LogP contribution < -0.4 is 0 Å². The highest BCUT2D eigenvalue weighted by atomic mass is 35.5. The van der Waals surface area contributed by atoms with Crippen LogP contribution in [0.5, 0.6) is 0 Å². The number of carbonyl (C=O) groups excluding carboxylic acids is 2. The predicted molar refractivity (Wildman–Crippen MR) is 67.8 cm³/mol. The molecular weight excluding hydrogens is 315 g/mol. The lowest BCUT2D eigenvalue weighted by molar-refractivity contribution is -0.229. The molecule has 0 spiro atoms. The summed E-state index contributed by atoms with van der Waals surface area (Å²) in [6.45, 7) is 4.32. The number of amides is 1. The van der Waals surface area contributed by atoms with E-state index in [2.05, 4.69) is 4.74 Å². The quantitative estimate of drug-likeness (QED) is 0.576. The van der Waals surface area contributed by atoms with Gasteiger partial charge in [-0.25, -0.2) is 9.59 Å². The van der Waals surface area contributed by atoms with Crippen molar-refractivity contribution >= 4 is 23.7 Å². The van der Waals surface area contributed by atoms with Crippen molar-refractivity contribution in [1.82, 2.24) is 4.90 Å². The van der Waals surface area contributed by atoms with Crippen molar-refractivity contribution < 1.29 is 32.2 Å². The van der Waals surface area contributed by atoms with E-state index in [4.69, 9.17) is 16.3 Å². The van der Waals surface area contributed by atoms with Gasteiger partial charge in [-0.3, -0.25) is 4.90 Å².